The Labute approximate surface area is 134 Å². The molecule has 114 valence electrons. The van der Waals surface area contributed by atoms with Crippen molar-refractivity contribution in [3.63, 3.8) is 0 Å². The van der Waals surface area contributed by atoms with Crippen LogP contribution in [0.1, 0.15) is 29.6 Å². The van der Waals surface area contributed by atoms with E-state index in [2.05, 4.69) is 10.2 Å². The largest absolute Gasteiger partial charge is 0.399 e. The predicted octanol–water partition coefficient (Wildman–Crippen LogP) is 2.79. The number of hydrogen-bond donors (Lipinski definition) is 2. The molecule has 1 aromatic carbocycles. The van der Waals surface area contributed by atoms with E-state index in [0.29, 0.717) is 28.7 Å². The SMILES string of the molecule is Nc1cc(Cl)c(Cl)c(C(=O)NCC2CCN(C3CC3)C2)c1. The van der Waals surface area contributed by atoms with Crippen molar-refractivity contribution in [3.8, 4) is 0 Å². The first-order valence-electron chi connectivity index (χ1n) is 7.31. The molecule has 4 nitrogen and oxygen atoms in total. The van der Waals surface area contributed by atoms with Gasteiger partial charge >= 0.3 is 0 Å². The zero-order chi connectivity index (χ0) is 15.0. The van der Waals surface area contributed by atoms with E-state index in [4.69, 9.17) is 28.9 Å². The number of likely N-dealkylation sites (tertiary alicyclic amines) is 1. The molecule has 2 fully saturated rings. The lowest BCUT2D eigenvalue weighted by atomic mass is 10.1. The standard InChI is InChI=1S/C15H19Cl2N3O/c16-13-6-10(18)5-12(14(13)17)15(21)19-7-9-3-4-20(8-9)11-1-2-11/h5-6,9,11H,1-4,7-8,18H2,(H,19,21). The van der Waals surface area contributed by atoms with Crippen LogP contribution in [0.5, 0.6) is 0 Å². The third kappa shape index (κ3) is 3.44. The third-order valence-electron chi connectivity index (χ3n) is 4.23. The average molecular weight is 328 g/mol. The molecular weight excluding hydrogens is 309 g/mol. The van der Waals surface area contributed by atoms with Crippen LogP contribution in [0.15, 0.2) is 12.1 Å². The van der Waals surface area contributed by atoms with Gasteiger partial charge in [0.25, 0.3) is 5.91 Å². The van der Waals surface area contributed by atoms with Gasteiger partial charge in [-0.1, -0.05) is 23.2 Å². The summed E-state index contributed by atoms with van der Waals surface area (Å²) in [6, 6.07) is 3.91. The van der Waals surface area contributed by atoms with E-state index in [1.54, 1.807) is 12.1 Å². The van der Waals surface area contributed by atoms with Crippen molar-refractivity contribution in [2.24, 2.45) is 5.92 Å². The second-order valence-electron chi connectivity index (χ2n) is 5.96. The summed E-state index contributed by atoms with van der Waals surface area (Å²) in [6.45, 7) is 2.90. The maximum absolute atomic E-state index is 12.2. The second-order valence-corrected chi connectivity index (χ2v) is 6.74. The van der Waals surface area contributed by atoms with Crippen LogP contribution in [0.3, 0.4) is 0 Å². The number of amides is 1. The summed E-state index contributed by atoms with van der Waals surface area (Å²) in [6.07, 6.45) is 3.80. The highest BCUT2D eigenvalue weighted by atomic mass is 35.5. The van der Waals surface area contributed by atoms with E-state index in [1.165, 1.54) is 12.8 Å². The maximum atomic E-state index is 12.2. The lowest BCUT2D eigenvalue weighted by molar-refractivity contribution is 0.0947. The first kappa shape index (κ1) is 14.9. The molecule has 0 radical (unpaired) electrons. The van der Waals surface area contributed by atoms with Crippen LogP contribution >= 0.6 is 23.2 Å². The molecule has 1 saturated carbocycles. The molecule has 1 unspecified atom stereocenters. The van der Waals surface area contributed by atoms with Crippen LogP contribution < -0.4 is 11.1 Å². The molecule has 1 amide bonds. The van der Waals surface area contributed by atoms with E-state index < -0.39 is 0 Å². The van der Waals surface area contributed by atoms with E-state index in [0.717, 1.165) is 25.6 Å². The van der Waals surface area contributed by atoms with Gasteiger partial charge in [-0.15, -0.1) is 0 Å². The van der Waals surface area contributed by atoms with Gasteiger partial charge in [-0.05, 0) is 43.9 Å². The molecule has 1 heterocycles. The molecule has 1 aliphatic carbocycles. The minimum atomic E-state index is -0.209. The maximum Gasteiger partial charge on any atom is 0.252 e. The highest BCUT2D eigenvalue weighted by molar-refractivity contribution is 6.44. The van der Waals surface area contributed by atoms with Gasteiger partial charge in [0.05, 0.1) is 15.6 Å². The monoisotopic (exact) mass is 327 g/mol. The molecule has 1 atom stereocenters. The first-order chi connectivity index (χ1) is 10.0. The fraction of sp³-hybridized carbons (Fsp3) is 0.533. The number of hydrogen-bond acceptors (Lipinski definition) is 3. The Morgan fingerprint density at radius 2 is 2.10 bits per heavy atom. The topological polar surface area (TPSA) is 58.4 Å². The van der Waals surface area contributed by atoms with E-state index in [-0.39, 0.29) is 10.9 Å². The normalized spacial score (nSPS) is 22.5. The average Bonchev–Trinajstić information content (AvgIpc) is 3.19. The van der Waals surface area contributed by atoms with Gasteiger partial charge in [-0.3, -0.25) is 4.79 Å². The third-order valence-corrected chi connectivity index (χ3v) is 5.03. The summed E-state index contributed by atoms with van der Waals surface area (Å²) in [5, 5.41) is 3.52. The lowest BCUT2D eigenvalue weighted by Gasteiger charge is -2.15. The summed E-state index contributed by atoms with van der Waals surface area (Å²) in [4.78, 5) is 14.8. The molecule has 21 heavy (non-hydrogen) atoms. The van der Waals surface area contributed by atoms with Gasteiger partial charge in [0, 0.05) is 24.8 Å². The van der Waals surface area contributed by atoms with Crippen LogP contribution in [0, 0.1) is 5.92 Å². The molecule has 3 N–H and O–H groups in total. The number of nitrogen functional groups attached to an aromatic ring is 1. The number of benzene rings is 1. The second kappa shape index (κ2) is 6.03. The van der Waals surface area contributed by atoms with Crippen molar-refractivity contribution < 1.29 is 4.79 Å². The van der Waals surface area contributed by atoms with Gasteiger partial charge in [0.1, 0.15) is 0 Å². The fourth-order valence-corrected chi connectivity index (χ4v) is 3.33. The summed E-state index contributed by atoms with van der Waals surface area (Å²) in [5.74, 6) is 0.309. The molecule has 6 heteroatoms. The van der Waals surface area contributed by atoms with E-state index >= 15 is 0 Å². The minimum absolute atomic E-state index is 0.209. The number of nitrogens with one attached hydrogen (secondary N) is 1. The smallest absolute Gasteiger partial charge is 0.252 e. The molecule has 1 saturated heterocycles. The molecule has 0 aromatic heterocycles. The van der Waals surface area contributed by atoms with Crippen molar-refractivity contribution in [2.45, 2.75) is 25.3 Å². The van der Waals surface area contributed by atoms with E-state index in [9.17, 15) is 4.79 Å². The number of carbonyl (C=O) groups is 1. The van der Waals surface area contributed by atoms with Crippen LogP contribution in [0.25, 0.3) is 0 Å². The Balaban J connectivity index is 1.57. The molecule has 0 spiro atoms. The quantitative estimate of drug-likeness (QED) is 0.836. The van der Waals surface area contributed by atoms with E-state index in [1.807, 2.05) is 0 Å². The van der Waals surface area contributed by atoms with Gasteiger partial charge < -0.3 is 16.0 Å². The van der Waals surface area contributed by atoms with Crippen LogP contribution in [-0.4, -0.2) is 36.5 Å². The number of halogens is 2. The number of rotatable bonds is 4. The van der Waals surface area contributed by atoms with Gasteiger partial charge in [-0.25, -0.2) is 0 Å². The van der Waals surface area contributed by atoms with Crippen molar-refractivity contribution in [3.05, 3.63) is 27.7 Å². The summed E-state index contributed by atoms with van der Waals surface area (Å²) < 4.78 is 0. The van der Waals surface area contributed by atoms with Crippen LogP contribution in [0.4, 0.5) is 5.69 Å². The Morgan fingerprint density at radius 1 is 1.33 bits per heavy atom. The van der Waals surface area contributed by atoms with Crippen LogP contribution in [0.2, 0.25) is 10.0 Å². The molecule has 3 rings (SSSR count). The highest BCUT2D eigenvalue weighted by Crippen LogP contribution is 2.32. The summed E-state index contributed by atoms with van der Waals surface area (Å²) >= 11 is 12.0. The fourth-order valence-electron chi connectivity index (χ4n) is 2.91. The summed E-state index contributed by atoms with van der Waals surface area (Å²) in [7, 11) is 0. The molecular formula is C15H19Cl2N3O. The Hall–Kier alpha value is -0.970. The first-order valence-corrected chi connectivity index (χ1v) is 8.07. The molecule has 2 aliphatic rings. The number of nitrogens with two attached hydrogens (primary N) is 1. The molecule has 1 aromatic rings. The van der Waals surface area contributed by atoms with Crippen LogP contribution in [-0.2, 0) is 0 Å². The van der Waals surface area contributed by atoms with Crippen molar-refractivity contribution in [2.75, 3.05) is 25.4 Å². The molecule has 1 aliphatic heterocycles. The molecule has 0 bridgehead atoms. The zero-order valence-corrected chi connectivity index (χ0v) is 13.3. The minimum Gasteiger partial charge on any atom is -0.399 e. The van der Waals surface area contributed by atoms with Crippen molar-refractivity contribution in [1.29, 1.82) is 0 Å². The highest BCUT2D eigenvalue weighted by Gasteiger charge is 2.34. The lowest BCUT2D eigenvalue weighted by Crippen LogP contribution is -2.31. The van der Waals surface area contributed by atoms with Crippen molar-refractivity contribution >= 4 is 34.8 Å². The van der Waals surface area contributed by atoms with Gasteiger partial charge in [0.2, 0.25) is 0 Å². The number of carbonyl (C=O) groups excluding carboxylic acids is 1. The summed E-state index contributed by atoms with van der Waals surface area (Å²) in [5.41, 5.74) is 6.50. The van der Waals surface area contributed by atoms with Crippen molar-refractivity contribution in [1.82, 2.24) is 10.2 Å². The Bertz CT molecular complexity index is 560. The number of anilines is 1. The zero-order valence-electron chi connectivity index (χ0n) is 11.7. The van der Waals surface area contributed by atoms with Gasteiger partial charge in [-0.2, -0.15) is 0 Å². The number of nitrogens with zero attached hydrogens (tertiary/aromatic N) is 1. The Morgan fingerprint density at radius 3 is 2.81 bits per heavy atom. The van der Waals surface area contributed by atoms with Gasteiger partial charge in [0.15, 0.2) is 0 Å². The predicted molar refractivity (Wildman–Crippen MR) is 85.9 cm³/mol. The Kier molecular flexibility index (Phi) is 4.29.